The number of nitriles is 1. The Kier molecular flexibility index (Phi) is 5.75. The molecule has 3 aromatic rings. The Hall–Kier alpha value is -3.62. The van der Waals surface area contributed by atoms with E-state index in [4.69, 9.17) is 10.00 Å². The van der Waals surface area contributed by atoms with Crippen molar-refractivity contribution >= 4 is 17.3 Å². The zero-order valence-electron chi connectivity index (χ0n) is 16.4. The fraction of sp³-hybridized carbons (Fsp3) is 0.238. The number of hydrogen-bond acceptors (Lipinski definition) is 10. The summed E-state index contributed by atoms with van der Waals surface area (Å²) in [5.74, 6) is -1.26. The van der Waals surface area contributed by atoms with Gasteiger partial charge in [-0.15, -0.1) is 0 Å². The summed E-state index contributed by atoms with van der Waals surface area (Å²) >= 11 is 0. The van der Waals surface area contributed by atoms with Gasteiger partial charge in [-0.1, -0.05) is 12.1 Å². The fourth-order valence-electron chi connectivity index (χ4n) is 3.25. The largest absolute Gasteiger partial charge is 0.391 e. The molecule has 1 aliphatic heterocycles. The molecule has 1 saturated heterocycles. The van der Waals surface area contributed by atoms with E-state index in [1.54, 1.807) is 47.4 Å². The van der Waals surface area contributed by atoms with Gasteiger partial charge in [-0.05, 0) is 36.4 Å². The van der Waals surface area contributed by atoms with Crippen LogP contribution in [0.15, 0.2) is 54.9 Å². The number of nitrogens with one attached hydrogen (secondary N) is 1. The zero-order valence-corrected chi connectivity index (χ0v) is 16.4. The Morgan fingerprint density at radius 3 is 2.77 bits per heavy atom. The van der Waals surface area contributed by atoms with E-state index in [-0.39, 0.29) is 6.61 Å². The number of ether oxygens (including phenoxy) is 1. The van der Waals surface area contributed by atoms with Crippen molar-refractivity contribution in [1.29, 1.82) is 5.26 Å². The van der Waals surface area contributed by atoms with Gasteiger partial charge in [-0.25, -0.2) is 9.97 Å². The van der Waals surface area contributed by atoms with Crippen LogP contribution < -0.4 is 10.2 Å². The first-order valence-electron chi connectivity index (χ1n) is 9.51. The summed E-state index contributed by atoms with van der Waals surface area (Å²) in [6, 6.07) is 16.1. The van der Waals surface area contributed by atoms with Crippen LogP contribution in [0.4, 0.5) is 17.3 Å². The summed E-state index contributed by atoms with van der Waals surface area (Å²) < 4.78 is 5.10. The van der Waals surface area contributed by atoms with Crippen molar-refractivity contribution in [2.75, 3.05) is 30.0 Å². The fourth-order valence-corrected chi connectivity index (χ4v) is 3.25. The lowest BCUT2D eigenvalue weighted by Crippen LogP contribution is -2.62. The van der Waals surface area contributed by atoms with E-state index < -0.39 is 18.6 Å². The van der Waals surface area contributed by atoms with Crippen molar-refractivity contribution < 1.29 is 20.1 Å². The molecule has 1 aliphatic rings. The van der Waals surface area contributed by atoms with Gasteiger partial charge >= 0.3 is 0 Å². The third-order valence-electron chi connectivity index (χ3n) is 4.89. The summed E-state index contributed by atoms with van der Waals surface area (Å²) in [6.45, 7) is -0.201. The second-order valence-electron chi connectivity index (χ2n) is 6.92. The Labute approximate surface area is 178 Å². The van der Waals surface area contributed by atoms with Gasteiger partial charge in [0.05, 0.1) is 18.2 Å². The SMILES string of the molecule is N#Cc1cccc(-c2ncnc(Nc3ccc(N4CCO[C@@](O)(CO)C4O)cc3)n2)c1. The lowest BCUT2D eigenvalue weighted by Gasteiger charge is -2.43. The van der Waals surface area contributed by atoms with Gasteiger partial charge in [0.2, 0.25) is 11.7 Å². The quantitative estimate of drug-likeness (QED) is 0.471. The van der Waals surface area contributed by atoms with Crippen LogP contribution in [0.25, 0.3) is 11.4 Å². The predicted molar refractivity (Wildman–Crippen MR) is 111 cm³/mol. The lowest BCUT2D eigenvalue weighted by molar-refractivity contribution is -0.285. The summed E-state index contributed by atoms with van der Waals surface area (Å²) in [5.41, 5.74) is 2.57. The van der Waals surface area contributed by atoms with Crippen LogP contribution in [-0.2, 0) is 4.74 Å². The van der Waals surface area contributed by atoms with Crippen molar-refractivity contribution in [3.8, 4) is 17.5 Å². The van der Waals surface area contributed by atoms with Gasteiger partial charge in [0, 0.05) is 23.5 Å². The number of nitrogens with zero attached hydrogens (tertiary/aromatic N) is 5. The highest BCUT2D eigenvalue weighted by Gasteiger charge is 2.43. The average molecular weight is 420 g/mol. The highest BCUT2D eigenvalue weighted by molar-refractivity contribution is 5.62. The van der Waals surface area contributed by atoms with Gasteiger partial charge in [-0.3, -0.25) is 0 Å². The number of aliphatic hydroxyl groups is 3. The molecule has 0 amide bonds. The first-order valence-corrected chi connectivity index (χ1v) is 9.51. The van der Waals surface area contributed by atoms with Crippen LogP contribution >= 0.6 is 0 Å². The van der Waals surface area contributed by atoms with Gasteiger partial charge in [0.25, 0.3) is 0 Å². The van der Waals surface area contributed by atoms with Crippen LogP contribution in [0.1, 0.15) is 5.56 Å². The summed E-state index contributed by atoms with van der Waals surface area (Å²) in [7, 11) is 0. The smallest absolute Gasteiger partial charge is 0.235 e. The number of benzene rings is 2. The molecule has 1 aromatic heterocycles. The Morgan fingerprint density at radius 1 is 1.23 bits per heavy atom. The van der Waals surface area contributed by atoms with Crippen molar-refractivity contribution in [1.82, 2.24) is 15.0 Å². The number of hydrogen-bond donors (Lipinski definition) is 4. The minimum atomic E-state index is -2.03. The number of rotatable bonds is 5. The van der Waals surface area contributed by atoms with Gasteiger partial charge in [0.1, 0.15) is 12.9 Å². The van der Waals surface area contributed by atoms with Crippen LogP contribution in [0.3, 0.4) is 0 Å². The van der Waals surface area contributed by atoms with Gasteiger partial charge in [-0.2, -0.15) is 10.2 Å². The molecule has 0 spiro atoms. The molecular formula is C21H20N6O4. The van der Waals surface area contributed by atoms with Crippen molar-refractivity contribution in [2.45, 2.75) is 12.0 Å². The minimum Gasteiger partial charge on any atom is -0.391 e. The van der Waals surface area contributed by atoms with Crippen LogP contribution in [0.2, 0.25) is 0 Å². The second-order valence-corrected chi connectivity index (χ2v) is 6.92. The van der Waals surface area contributed by atoms with E-state index in [9.17, 15) is 15.3 Å². The number of morpholine rings is 1. The molecule has 10 heteroatoms. The Balaban J connectivity index is 1.50. The molecule has 0 saturated carbocycles. The van der Waals surface area contributed by atoms with E-state index in [1.165, 1.54) is 6.33 Å². The topological polar surface area (TPSA) is 148 Å². The molecule has 2 atom stereocenters. The van der Waals surface area contributed by atoms with E-state index >= 15 is 0 Å². The Bertz CT molecular complexity index is 1100. The van der Waals surface area contributed by atoms with E-state index in [0.29, 0.717) is 40.8 Å². The first-order chi connectivity index (χ1) is 15.0. The lowest BCUT2D eigenvalue weighted by atomic mass is 10.1. The molecule has 158 valence electrons. The van der Waals surface area contributed by atoms with E-state index in [0.717, 1.165) is 0 Å². The molecular weight excluding hydrogens is 400 g/mol. The average Bonchev–Trinajstić information content (AvgIpc) is 2.82. The van der Waals surface area contributed by atoms with Crippen LogP contribution in [0, 0.1) is 11.3 Å². The van der Waals surface area contributed by atoms with Gasteiger partial charge < -0.3 is 30.3 Å². The zero-order chi connectivity index (χ0) is 21.8. The summed E-state index contributed by atoms with van der Waals surface area (Å²) in [5, 5.41) is 42.0. The van der Waals surface area contributed by atoms with Crippen LogP contribution in [0.5, 0.6) is 0 Å². The third-order valence-corrected chi connectivity index (χ3v) is 4.89. The monoisotopic (exact) mass is 420 g/mol. The molecule has 0 bridgehead atoms. The van der Waals surface area contributed by atoms with Crippen molar-refractivity contribution in [3.05, 3.63) is 60.4 Å². The molecule has 10 nitrogen and oxygen atoms in total. The van der Waals surface area contributed by atoms with Crippen molar-refractivity contribution in [2.24, 2.45) is 0 Å². The summed E-state index contributed by atoms with van der Waals surface area (Å²) in [6.07, 6.45) is -0.0157. The molecule has 31 heavy (non-hydrogen) atoms. The number of aromatic nitrogens is 3. The highest BCUT2D eigenvalue weighted by atomic mass is 16.7. The molecule has 0 aliphatic carbocycles. The first kappa shape index (κ1) is 20.6. The molecule has 1 fully saturated rings. The summed E-state index contributed by atoms with van der Waals surface area (Å²) in [4.78, 5) is 14.2. The second kappa shape index (κ2) is 8.63. The highest BCUT2D eigenvalue weighted by Crippen LogP contribution is 2.28. The maximum Gasteiger partial charge on any atom is 0.235 e. The third kappa shape index (κ3) is 4.30. The minimum absolute atomic E-state index is 0.161. The molecule has 4 rings (SSSR count). The normalized spacial score (nSPS) is 20.8. The molecule has 1 unspecified atom stereocenters. The van der Waals surface area contributed by atoms with Crippen LogP contribution in [-0.4, -0.2) is 62.0 Å². The molecule has 2 heterocycles. The van der Waals surface area contributed by atoms with Gasteiger partial charge in [0.15, 0.2) is 12.1 Å². The van der Waals surface area contributed by atoms with E-state index in [2.05, 4.69) is 26.3 Å². The maximum atomic E-state index is 10.4. The predicted octanol–water partition coefficient (Wildman–Crippen LogP) is 0.990. The molecule has 0 radical (unpaired) electrons. The number of anilines is 3. The molecule has 4 N–H and O–H groups in total. The van der Waals surface area contributed by atoms with Crippen molar-refractivity contribution in [3.63, 3.8) is 0 Å². The Morgan fingerprint density at radius 2 is 2.03 bits per heavy atom. The maximum absolute atomic E-state index is 10.4. The standard InChI is InChI=1S/C21H20N6O4/c22-11-14-2-1-3-15(10-14)18-23-13-24-20(26-18)25-16-4-6-17(7-5-16)27-8-9-31-21(30,12-28)19(27)29/h1-7,10,13,19,28-30H,8-9,12H2,(H,23,24,25,26)/t19?,21-/m0/s1. The number of aliphatic hydroxyl groups excluding tert-OH is 2. The van der Waals surface area contributed by atoms with E-state index in [1.807, 2.05) is 6.07 Å². The molecule has 2 aromatic carbocycles.